The van der Waals surface area contributed by atoms with Gasteiger partial charge in [-0.3, -0.25) is 28.3 Å². The average Bonchev–Trinajstić information content (AvgIpc) is 3.02. The van der Waals surface area contributed by atoms with Crippen LogP contribution >= 0.6 is 11.3 Å². The molecule has 2 N–H and O–H groups in total. The van der Waals surface area contributed by atoms with E-state index in [-0.39, 0.29) is 52.7 Å². The van der Waals surface area contributed by atoms with E-state index in [2.05, 4.69) is 0 Å². The van der Waals surface area contributed by atoms with Crippen molar-refractivity contribution in [2.45, 2.75) is 13.1 Å². The molecule has 0 aliphatic heterocycles. The Morgan fingerprint density at radius 2 is 1.09 bits per heavy atom. The Kier molecular flexibility index (Phi) is 6.91. The topological polar surface area (TPSA) is 137 Å². The van der Waals surface area contributed by atoms with Gasteiger partial charge in [-0.15, -0.1) is 11.3 Å². The molecule has 0 atom stereocenters. The molecular formula is C32H26N2O8S. The number of benzene rings is 4. The third kappa shape index (κ3) is 4.15. The average molecular weight is 599 g/mol. The number of hydrogen-bond donors (Lipinski definition) is 2. The molecule has 43 heavy (non-hydrogen) atoms. The molecule has 0 fully saturated rings. The summed E-state index contributed by atoms with van der Waals surface area (Å²) in [6.07, 6.45) is 0. The number of ether oxygens (including phenoxy) is 2. The first-order chi connectivity index (χ1) is 21.0. The maximum Gasteiger partial charge on any atom is 0.261 e. The molecule has 0 aliphatic carbocycles. The monoisotopic (exact) mass is 598 g/mol. The van der Waals surface area contributed by atoms with Gasteiger partial charge in [0, 0.05) is 57.9 Å². The van der Waals surface area contributed by atoms with Crippen molar-refractivity contribution in [2.75, 3.05) is 39.6 Å². The van der Waals surface area contributed by atoms with Gasteiger partial charge in [0.05, 0.1) is 52.7 Å². The Bertz CT molecular complexity index is 2400. The lowest BCUT2D eigenvalue weighted by molar-refractivity contribution is 0.0863. The van der Waals surface area contributed by atoms with E-state index in [0.717, 1.165) is 30.9 Å². The summed E-state index contributed by atoms with van der Waals surface area (Å²) in [6, 6.07) is 14.5. The van der Waals surface area contributed by atoms with Crippen molar-refractivity contribution in [3.05, 3.63) is 89.9 Å². The summed E-state index contributed by atoms with van der Waals surface area (Å²) in [6.45, 7) is 0.279. The van der Waals surface area contributed by atoms with Crippen molar-refractivity contribution in [1.29, 1.82) is 0 Å². The van der Waals surface area contributed by atoms with Gasteiger partial charge in [0.1, 0.15) is 0 Å². The summed E-state index contributed by atoms with van der Waals surface area (Å²) in [7, 11) is 0. The van der Waals surface area contributed by atoms with Crippen LogP contribution in [0.4, 0.5) is 0 Å². The molecule has 0 unspecified atom stereocenters. The number of fused-ring (bicyclic) bond motifs is 3. The minimum absolute atomic E-state index is 0.0518. The van der Waals surface area contributed by atoms with E-state index in [4.69, 9.17) is 19.7 Å². The summed E-state index contributed by atoms with van der Waals surface area (Å²) < 4.78 is 14.8. The third-order valence-corrected chi connectivity index (χ3v) is 9.23. The first kappa shape index (κ1) is 27.6. The highest BCUT2D eigenvalue weighted by atomic mass is 32.1. The Morgan fingerprint density at radius 1 is 0.558 bits per heavy atom. The van der Waals surface area contributed by atoms with Gasteiger partial charge in [-0.25, -0.2) is 0 Å². The summed E-state index contributed by atoms with van der Waals surface area (Å²) in [5.74, 6) is 0. The zero-order chi connectivity index (χ0) is 29.8. The summed E-state index contributed by atoms with van der Waals surface area (Å²) >= 11 is 1.49. The molecule has 0 saturated heterocycles. The van der Waals surface area contributed by atoms with Gasteiger partial charge in [-0.2, -0.15) is 0 Å². The number of rotatable bonds is 10. The number of aliphatic hydroxyl groups is 2. The Labute approximate surface area is 245 Å². The molecule has 3 aromatic heterocycles. The van der Waals surface area contributed by atoms with Gasteiger partial charge in [0.15, 0.2) is 0 Å². The lowest BCUT2D eigenvalue weighted by Gasteiger charge is -2.16. The molecule has 0 radical (unpaired) electrons. The zero-order valence-electron chi connectivity index (χ0n) is 22.9. The fourth-order valence-corrected chi connectivity index (χ4v) is 7.40. The first-order valence-electron chi connectivity index (χ1n) is 13.9. The number of nitrogens with zero attached hydrogens (tertiary/aromatic N) is 2. The van der Waals surface area contributed by atoms with Gasteiger partial charge in [-0.1, -0.05) is 18.2 Å². The van der Waals surface area contributed by atoms with Crippen LogP contribution in [0.3, 0.4) is 0 Å². The maximum atomic E-state index is 13.7. The van der Waals surface area contributed by atoms with E-state index >= 15 is 0 Å². The van der Waals surface area contributed by atoms with Crippen LogP contribution in [0.1, 0.15) is 0 Å². The molecule has 0 bridgehead atoms. The van der Waals surface area contributed by atoms with Crippen LogP contribution in [-0.2, 0) is 22.6 Å². The molecule has 4 aromatic carbocycles. The molecule has 0 spiro atoms. The fourth-order valence-electron chi connectivity index (χ4n) is 6.17. The highest BCUT2D eigenvalue weighted by Crippen LogP contribution is 2.43. The van der Waals surface area contributed by atoms with Crippen molar-refractivity contribution in [1.82, 2.24) is 9.13 Å². The standard InChI is InChI=1S/C32H26N2O8S/c35-10-14-41-12-8-33-30(38)20-5-4-17-22-16-23-25-18(28(22)43-24-7-6-21(31(33)39)26(20)27(17)24)2-1-3-19(25)29(37)34(32(23)40)9-13-42-15-11-36/h1-7,16,35-36H,8-15H2. The van der Waals surface area contributed by atoms with E-state index in [1.54, 1.807) is 18.2 Å². The normalized spacial score (nSPS) is 12.3. The number of aliphatic hydroxyl groups excluding tert-OH is 2. The van der Waals surface area contributed by atoms with Gasteiger partial charge < -0.3 is 19.7 Å². The van der Waals surface area contributed by atoms with Crippen molar-refractivity contribution in [3.63, 3.8) is 0 Å². The van der Waals surface area contributed by atoms with Gasteiger partial charge in [0.25, 0.3) is 22.2 Å². The van der Waals surface area contributed by atoms with Gasteiger partial charge in [-0.05, 0) is 35.7 Å². The molecular weight excluding hydrogens is 572 g/mol. The highest BCUT2D eigenvalue weighted by molar-refractivity contribution is 7.26. The quantitative estimate of drug-likeness (QED) is 0.139. The molecule has 10 nitrogen and oxygen atoms in total. The van der Waals surface area contributed by atoms with Crippen molar-refractivity contribution in [2.24, 2.45) is 0 Å². The third-order valence-electron chi connectivity index (χ3n) is 8.03. The minimum atomic E-state index is -0.424. The second-order valence-corrected chi connectivity index (χ2v) is 11.4. The lowest BCUT2D eigenvalue weighted by Crippen LogP contribution is -2.35. The zero-order valence-corrected chi connectivity index (χ0v) is 23.7. The van der Waals surface area contributed by atoms with Crippen LogP contribution < -0.4 is 22.2 Å². The second kappa shape index (κ2) is 10.8. The van der Waals surface area contributed by atoms with Crippen LogP contribution in [0.5, 0.6) is 0 Å². The molecule has 7 rings (SSSR count). The summed E-state index contributed by atoms with van der Waals surface area (Å²) in [5, 5.41) is 24.0. The minimum Gasteiger partial charge on any atom is -0.394 e. The second-order valence-electron chi connectivity index (χ2n) is 10.3. The van der Waals surface area contributed by atoms with Crippen molar-refractivity contribution in [3.8, 4) is 0 Å². The molecule has 7 aromatic rings. The van der Waals surface area contributed by atoms with E-state index < -0.39 is 22.2 Å². The van der Waals surface area contributed by atoms with E-state index in [1.165, 1.54) is 20.5 Å². The van der Waals surface area contributed by atoms with Gasteiger partial charge >= 0.3 is 0 Å². The van der Waals surface area contributed by atoms with Crippen LogP contribution in [0.25, 0.3) is 63.3 Å². The lowest BCUT2D eigenvalue weighted by atomic mass is 9.95. The highest BCUT2D eigenvalue weighted by Gasteiger charge is 2.21. The predicted molar refractivity (Wildman–Crippen MR) is 169 cm³/mol. The number of pyridine rings is 2. The summed E-state index contributed by atoms with van der Waals surface area (Å²) in [5.41, 5.74) is -1.63. The number of aromatic nitrogens is 2. The molecule has 3 heterocycles. The van der Waals surface area contributed by atoms with Crippen molar-refractivity contribution < 1.29 is 19.7 Å². The van der Waals surface area contributed by atoms with Crippen LogP contribution in [0, 0.1) is 0 Å². The molecule has 0 amide bonds. The molecule has 0 saturated carbocycles. The molecule has 11 heteroatoms. The largest absolute Gasteiger partial charge is 0.394 e. The summed E-state index contributed by atoms with van der Waals surface area (Å²) in [4.78, 5) is 54.1. The fraction of sp³-hybridized carbons (Fsp3) is 0.250. The van der Waals surface area contributed by atoms with Crippen molar-refractivity contribution >= 4 is 74.6 Å². The van der Waals surface area contributed by atoms with Crippen LogP contribution in [0.15, 0.2) is 67.7 Å². The Balaban J connectivity index is 1.53. The molecule has 218 valence electrons. The Morgan fingerprint density at radius 3 is 1.72 bits per heavy atom. The smallest absolute Gasteiger partial charge is 0.261 e. The van der Waals surface area contributed by atoms with E-state index in [1.807, 2.05) is 30.3 Å². The number of hydrogen-bond acceptors (Lipinski definition) is 9. The first-order valence-corrected chi connectivity index (χ1v) is 14.7. The van der Waals surface area contributed by atoms with Crippen LogP contribution in [0.2, 0.25) is 0 Å². The Hall–Kier alpha value is -4.26. The van der Waals surface area contributed by atoms with Crippen LogP contribution in [-0.4, -0.2) is 59.0 Å². The van der Waals surface area contributed by atoms with E-state index in [0.29, 0.717) is 32.3 Å². The van der Waals surface area contributed by atoms with E-state index in [9.17, 15) is 19.2 Å². The SMILES string of the molecule is O=c1c2cccc3c4sc5ccc6c(=O)n(CCOCCO)c(=O)c7ccc(c4cc(c(=O)n1CCOCCO)c23)c5c67. The molecule has 0 aliphatic rings. The van der Waals surface area contributed by atoms with Gasteiger partial charge in [0.2, 0.25) is 0 Å². The maximum absolute atomic E-state index is 13.7. The predicted octanol–water partition coefficient (Wildman–Crippen LogP) is 2.60.